The predicted octanol–water partition coefficient (Wildman–Crippen LogP) is 8.03. The second-order valence-corrected chi connectivity index (χ2v) is 11.8. The highest BCUT2D eigenvalue weighted by Gasteiger charge is 2.63. The monoisotopic (exact) mass is 356 g/mol. The molecule has 4 saturated carbocycles. The third kappa shape index (κ3) is 2.52. The van der Waals surface area contributed by atoms with Gasteiger partial charge in [-0.2, -0.15) is 0 Å². The Labute approximate surface area is 163 Å². The summed E-state index contributed by atoms with van der Waals surface area (Å²) >= 11 is 0. The second-order valence-electron chi connectivity index (χ2n) is 11.8. The van der Waals surface area contributed by atoms with Crippen molar-refractivity contribution in [1.82, 2.24) is 0 Å². The summed E-state index contributed by atoms with van der Waals surface area (Å²) < 4.78 is 0. The molecular weight excluding hydrogens is 312 g/mol. The minimum atomic E-state index is 0.566. The summed E-state index contributed by atoms with van der Waals surface area (Å²) in [5, 5.41) is 0. The molecule has 0 radical (unpaired) electrons. The van der Waals surface area contributed by atoms with Gasteiger partial charge in [-0.15, -0.1) is 0 Å². The van der Waals surface area contributed by atoms with E-state index in [4.69, 9.17) is 0 Å². The summed E-state index contributed by atoms with van der Waals surface area (Å²) in [6, 6.07) is 0. The van der Waals surface area contributed by atoms with Crippen molar-refractivity contribution in [2.24, 2.45) is 45.8 Å². The first kappa shape index (κ1) is 19.1. The number of hydrogen-bond acceptors (Lipinski definition) is 0. The van der Waals surface area contributed by atoms with Crippen LogP contribution in [0.25, 0.3) is 0 Å². The van der Waals surface area contributed by atoms with Gasteiger partial charge in [-0.05, 0) is 111 Å². The van der Waals surface area contributed by atoms with Gasteiger partial charge in [-0.25, -0.2) is 0 Å². The minimum absolute atomic E-state index is 0.566. The maximum atomic E-state index is 4.39. The highest BCUT2D eigenvalue weighted by atomic mass is 14.7. The molecule has 148 valence electrons. The molecule has 0 spiro atoms. The lowest BCUT2D eigenvalue weighted by atomic mass is 9.39. The van der Waals surface area contributed by atoms with Crippen LogP contribution < -0.4 is 0 Å². The van der Waals surface area contributed by atoms with E-state index in [2.05, 4.69) is 41.2 Å². The molecule has 7 unspecified atom stereocenters. The van der Waals surface area contributed by atoms with Crippen LogP contribution in [0.3, 0.4) is 0 Å². The van der Waals surface area contributed by atoms with Gasteiger partial charge < -0.3 is 0 Å². The van der Waals surface area contributed by atoms with Crippen molar-refractivity contribution >= 4 is 0 Å². The molecule has 0 nitrogen and oxygen atoms in total. The Balaban J connectivity index is 1.60. The van der Waals surface area contributed by atoms with Crippen molar-refractivity contribution in [3.05, 3.63) is 12.2 Å². The Kier molecular flexibility index (Phi) is 4.68. The first-order valence-electron chi connectivity index (χ1n) is 11.9. The van der Waals surface area contributed by atoms with E-state index < -0.39 is 0 Å². The smallest absolute Gasteiger partial charge is 0.0152 e. The van der Waals surface area contributed by atoms with E-state index in [1.54, 1.807) is 0 Å². The summed E-state index contributed by atoms with van der Waals surface area (Å²) in [5.41, 5.74) is 3.27. The van der Waals surface area contributed by atoms with E-state index in [0.29, 0.717) is 16.2 Å². The fraction of sp³-hybridized carbons (Fsp3) is 0.923. The summed E-state index contributed by atoms with van der Waals surface area (Å²) in [6.07, 6.45) is 16.3. The summed E-state index contributed by atoms with van der Waals surface area (Å²) in [4.78, 5) is 0. The van der Waals surface area contributed by atoms with Gasteiger partial charge >= 0.3 is 0 Å². The predicted molar refractivity (Wildman–Crippen MR) is 113 cm³/mol. The molecule has 4 fully saturated rings. The highest BCUT2D eigenvalue weighted by molar-refractivity contribution is 5.16. The van der Waals surface area contributed by atoms with Crippen LogP contribution in [0, 0.1) is 45.8 Å². The normalized spacial score (nSPS) is 53.5. The van der Waals surface area contributed by atoms with Crippen molar-refractivity contribution in [1.29, 1.82) is 0 Å². The zero-order valence-electron chi connectivity index (χ0n) is 18.4. The highest BCUT2D eigenvalue weighted by Crippen LogP contribution is 2.71. The number of hydrogen-bond donors (Lipinski definition) is 0. The van der Waals surface area contributed by atoms with Crippen molar-refractivity contribution in [3.63, 3.8) is 0 Å². The molecule has 0 saturated heterocycles. The van der Waals surface area contributed by atoms with Crippen LogP contribution in [-0.2, 0) is 0 Å². The van der Waals surface area contributed by atoms with E-state index in [1.165, 1.54) is 76.2 Å². The first-order valence-corrected chi connectivity index (χ1v) is 11.9. The quantitative estimate of drug-likeness (QED) is 0.449. The van der Waals surface area contributed by atoms with Gasteiger partial charge in [-0.1, -0.05) is 52.7 Å². The van der Waals surface area contributed by atoms with E-state index >= 15 is 0 Å². The maximum Gasteiger partial charge on any atom is -0.0152 e. The Hall–Kier alpha value is -0.260. The molecule has 0 aromatic heterocycles. The molecule has 8 atom stereocenters. The fourth-order valence-electron chi connectivity index (χ4n) is 9.23. The van der Waals surface area contributed by atoms with E-state index in [9.17, 15) is 0 Å². The van der Waals surface area contributed by atoms with Crippen LogP contribution >= 0.6 is 0 Å². The van der Waals surface area contributed by atoms with Crippen LogP contribution in [0.15, 0.2) is 12.2 Å². The van der Waals surface area contributed by atoms with Crippen molar-refractivity contribution in [2.75, 3.05) is 0 Å². The number of rotatable bonds is 3. The number of fused-ring (bicyclic) bond motifs is 5. The zero-order valence-corrected chi connectivity index (χ0v) is 18.4. The molecule has 26 heavy (non-hydrogen) atoms. The Bertz CT molecular complexity index is 560. The molecule has 0 heterocycles. The molecule has 4 aliphatic carbocycles. The van der Waals surface area contributed by atoms with Crippen molar-refractivity contribution in [3.8, 4) is 0 Å². The van der Waals surface area contributed by atoms with Gasteiger partial charge in [0.25, 0.3) is 0 Å². The minimum Gasteiger partial charge on any atom is -0.0998 e. The van der Waals surface area contributed by atoms with E-state index in [1.807, 2.05) is 0 Å². The average Bonchev–Trinajstić information content (AvgIpc) is 2.93. The maximum absolute atomic E-state index is 4.39. The largest absolute Gasteiger partial charge is 0.0998 e. The molecule has 4 rings (SSSR count). The molecule has 0 bridgehead atoms. The van der Waals surface area contributed by atoms with Crippen LogP contribution in [0.1, 0.15) is 105 Å². The molecular formula is C26H44. The van der Waals surface area contributed by atoms with Crippen LogP contribution in [-0.4, -0.2) is 0 Å². The SMILES string of the molecule is C=C(C)C1CCC2C3CC[C@]4(C)CC(CCC)CCC4(C)C3CCC12C. The lowest BCUT2D eigenvalue weighted by Crippen LogP contribution is -2.57. The third-order valence-corrected chi connectivity index (χ3v) is 10.8. The Morgan fingerprint density at radius 2 is 1.69 bits per heavy atom. The Morgan fingerprint density at radius 1 is 0.923 bits per heavy atom. The van der Waals surface area contributed by atoms with Crippen LogP contribution in [0.5, 0.6) is 0 Å². The first-order chi connectivity index (χ1) is 12.2. The molecule has 0 aromatic carbocycles. The van der Waals surface area contributed by atoms with Gasteiger partial charge in [0.05, 0.1) is 0 Å². The standard InChI is InChI=1S/C26H44/c1-7-8-19-11-16-26(6)23-13-15-25(5)21(18(2)3)9-10-22(25)20(23)12-14-24(26,4)17-19/h19-23H,2,7-17H2,1,3-6H3/t19?,20?,21?,22?,23?,24-,25?,26?/m1/s1. The van der Waals surface area contributed by atoms with Gasteiger partial charge in [0.2, 0.25) is 0 Å². The fourth-order valence-corrected chi connectivity index (χ4v) is 9.23. The molecule has 0 N–H and O–H groups in total. The topological polar surface area (TPSA) is 0 Å². The van der Waals surface area contributed by atoms with Gasteiger partial charge in [-0.3, -0.25) is 0 Å². The molecule has 0 heteroatoms. The molecule has 0 amide bonds. The lowest BCUT2D eigenvalue weighted by Gasteiger charge is -2.65. The molecule has 4 aliphatic rings. The summed E-state index contributed by atoms with van der Waals surface area (Å²) in [7, 11) is 0. The summed E-state index contributed by atoms with van der Waals surface area (Å²) in [6.45, 7) is 17.2. The zero-order chi connectivity index (χ0) is 18.7. The van der Waals surface area contributed by atoms with Crippen LogP contribution in [0.4, 0.5) is 0 Å². The van der Waals surface area contributed by atoms with Crippen molar-refractivity contribution < 1.29 is 0 Å². The van der Waals surface area contributed by atoms with E-state index in [0.717, 1.165) is 29.6 Å². The molecule has 0 aromatic rings. The second kappa shape index (κ2) is 6.38. The van der Waals surface area contributed by atoms with Gasteiger partial charge in [0.15, 0.2) is 0 Å². The molecule has 0 aliphatic heterocycles. The van der Waals surface area contributed by atoms with Crippen molar-refractivity contribution in [2.45, 2.75) is 105 Å². The third-order valence-electron chi connectivity index (χ3n) is 10.8. The lowest BCUT2D eigenvalue weighted by molar-refractivity contribution is -0.160. The summed E-state index contributed by atoms with van der Waals surface area (Å²) in [5.74, 6) is 4.82. The van der Waals surface area contributed by atoms with Crippen LogP contribution in [0.2, 0.25) is 0 Å². The van der Waals surface area contributed by atoms with Gasteiger partial charge in [0.1, 0.15) is 0 Å². The number of allylic oxidation sites excluding steroid dienone is 1. The Morgan fingerprint density at radius 3 is 2.38 bits per heavy atom. The van der Waals surface area contributed by atoms with E-state index in [-0.39, 0.29) is 0 Å². The van der Waals surface area contributed by atoms with Gasteiger partial charge in [0, 0.05) is 0 Å². The average molecular weight is 357 g/mol.